The molecule has 184 valence electrons. The van der Waals surface area contributed by atoms with E-state index in [2.05, 4.69) is 24.6 Å². The van der Waals surface area contributed by atoms with Gasteiger partial charge in [-0.3, -0.25) is 0 Å². The minimum absolute atomic E-state index is 0.465. The Morgan fingerprint density at radius 3 is 1.68 bits per heavy atom. The molecule has 0 unspecified atom stereocenters. The zero-order valence-corrected chi connectivity index (χ0v) is 21.3. The van der Waals surface area contributed by atoms with E-state index in [-0.39, 0.29) is 0 Å². The van der Waals surface area contributed by atoms with E-state index in [1.54, 1.807) is 6.07 Å². The van der Waals surface area contributed by atoms with Crippen LogP contribution in [0.2, 0.25) is 0 Å². The molecule has 0 bridgehead atoms. The number of aryl methyl sites for hydroxylation is 2. The standard InChI is InChI=1S/2C16H13N2O/c1-12-4-2-6-14-10-18(11-19-16(12)14)15-7-3-5-13(8-15)9-17;1-12-3-2-4-14-10-18(11-19-16(12)14)15-7-5-13(9-17)6-8-15/h2*2-8,10H,11H2,1H3/q2*+1. The number of benzene rings is 4. The second-order valence-electron chi connectivity index (χ2n) is 9.05. The maximum Gasteiger partial charge on any atom is 0.292 e. The van der Waals surface area contributed by atoms with Crippen molar-refractivity contribution in [2.75, 3.05) is 13.5 Å². The summed E-state index contributed by atoms with van der Waals surface area (Å²) in [6, 6.07) is 31.5. The molecular formula is C32H26N4O2+2. The number of nitrogens with zero attached hydrogens (tertiary/aromatic N) is 4. The topological polar surface area (TPSA) is 72.1 Å². The second-order valence-corrected chi connectivity index (χ2v) is 9.05. The van der Waals surface area contributed by atoms with Crippen LogP contribution in [0.1, 0.15) is 33.4 Å². The molecule has 0 fully saturated rings. The lowest BCUT2D eigenvalue weighted by Gasteiger charge is -2.15. The summed E-state index contributed by atoms with van der Waals surface area (Å²) in [6.45, 7) is 5.04. The number of hydrogen-bond acceptors (Lipinski definition) is 4. The van der Waals surface area contributed by atoms with Crippen LogP contribution >= 0.6 is 0 Å². The molecule has 6 rings (SSSR count). The summed E-state index contributed by atoms with van der Waals surface area (Å²) in [4.78, 5) is 0. The predicted molar refractivity (Wildman–Crippen MR) is 146 cm³/mol. The summed E-state index contributed by atoms with van der Waals surface area (Å²) in [6.07, 6.45) is 4.13. The highest BCUT2D eigenvalue weighted by Crippen LogP contribution is 2.27. The highest BCUT2D eigenvalue weighted by molar-refractivity contribution is 5.83. The zero-order valence-electron chi connectivity index (χ0n) is 21.3. The molecule has 2 aliphatic heterocycles. The van der Waals surface area contributed by atoms with Crippen LogP contribution in [0.15, 0.2) is 84.9 Å². The Labute approximate surface area is 222 Å². The molecule has 2 aliphatic rings. The molecule has 6 heteroatoms. The average molecular weight is 499 g/mol. The molecule has 6 nitrogen and oxygen atoms in total. The normalized spacial score (nSPS) is 12.9. The molecule has 0 aromatic heterocycles. The number of rotatable bonds is 2. The average Bonchev–Trinajstić information content (AvgIpc) is 2.97. The van der Waals surface area contributed by atoms with Crippen molar-refractivity contribution in [3.63, 3.8) is 0 Å². The maximum atomic E-state index is 8.94. The molecule has 4 aromatic rings. The van der Waals surface area contributed by atoms with Crippen molar-refractivity contribution in [1.29, 1.82) is 10.5 Å². The highest BCUT2D eigenvalue weighted by atomic mass is 16.5. The van der Waals surface area contributed by atoms with Crippen LogP contribution in [-0.2, 0) is 0 Å². The SMILES string of the molecule is Cc1cccc2c1OC[N+](c1ccc(C#N)cc1)=C2.Cc1cccc2c1OC[N+](c1cccc(C#N)c1)=C2. The molecule has 2 heterocycles. The number of hydrogen-bond donors (Lipinski definition) is 0. The first kappa shape index (κ1) is 24.5. The van der Waals surface area contributed by atoms with Gasteiger partial charge in [-0.2, -0.15) is 19.7 Å². The Morgan fingerprint density at radius 1 is 0.605 bits per heavy atom. The van der Waals surface area contributed by atoms with Gasteiger partial charge in [0.15, 0.2) is 12.4 Å². The number of nitriles is 2. The fourth-order valence-electron chi connectivity index (χ4n) is 4.41. The van der Waals surface area contributed by atoms with E-state index in [4.69, 9.17) is 20.0 Å². The fraction of sp³-hybridized carbons (Fsp3) is 0.125. The monoisotopic (exact) mass is 498 g/mol. The number of fused-ring (bicyclic) bond motifs is 2. The second kappa shape index (κ2) is 10.8. The first-order valence-electron chi connectivity index (χ1n) is 12.2. The maximum absolute atomic E-state index is 8.94. The van der Waals surface area contributed by atoms with Crippen LogP contribution in [0.4, 0.5) is 11.4 Å². The van der Waals surface area contributed by atoms with Gasteiger partial charge in [0.1, 0.15) is 11.5 Å². The molecule has 0 saturated carbocycles. The predicted octanol–water partition coefficient (Wildman–Crippen LogP) is 5.96. The van der Waals surface area contributed by atoms with E-state index in [0.717, 1.165) is 45.1 Å². The summed E-state index contributed by atoms with van der Waals surface area (Å²) in [5.74, 6) is 1.89. The van der Waals surface area contributed by atoms with Crippen LogP contribution in [0, 0.1) is 36.5 Å². The van der Waals surface area contributed by atoms with Crippen LogP contribution in [0.25, 0.3) is 0 Å². The van der Waals surface area contributed by atoms with Crippen molar-refractivity contribution in [1.82, 2.24) is 0 Å². The van der Waals surface area contributed by atoms with Crippen LogP contribution < -0.4 is 9.47 Å². The largest absolute Gasteiger partial charge is 0.435 e. The molecule has 0 aliphatic carbocycles. The lowest BCUT2D eigenvalue weighted by atomic mass is 10.1. The molecule has 38 heavy (non-hydrogen) atoms. The fourth-order valence-corrected chi connectivity index (χ4v) is 4.41. The summed E-state index contributed by atoms with van der Waals surface area (Å²) in [5.41, 5.74) is 7.73. The molecule has 0 radical (unpaired) electrons. The van der Waals surface area contributed by atoms with Crippen molar-refractivity contribution in [3.05, 3.63) is 118 Å². The van der Waals surface area contributed by atoms with Gasteiger partial charge in [-0.05, 0) is 55.3 Å². The third kappa shape index (κ3) is 5.16. The molecule has 0 amide bonds. The first-order chi connectivity index (χ1) is 18.6. The number of para-hydroxylation sites is 2. The lowest BCUT2D eigenvalue weighted by Crippen LogP contribution is -2.21. The smallest absolute Gasteiger partial charge is 0.292 e. The number of ether oxygens (including phenoxy) is 2. The quantitative estimate of drug-likeness (QED) is 0.320. The van der Waals surface area contributed by atoms with Crippen molar-refractivity contribution >= 4 is 23.8 Å². The van der Waals surface area contributed by atoms with Crippen LogP contribution in [-0.4, -0.2) is 35.0 Å². The van der Waals surface area contributed by atoms with Gasteiger partial charge in [0.2, 0.25) is 11.4 Å². The summed E-state index contributed by atoms with van der Waals surface area (Å²) in [5, 5.41) is 17.7. The van der Waals surface area contributed by atoms with Crippen molar-refractivity contribution in [2.45, 2.75) is 13.8 Å². The van der Waals surface area contributed by atoms with Crippen LogP contribution in [0.3, 0.4) is 0 Å². The third-order valence-corrected chi connectivity index (χ3v) is 6.41. The summed E-state index contributed by atoms with van der Waals surface area (Å²) in [7, 11) is 0. The van der Waals surface area contributed by atoms with E-state index in [1.807, 2.05) is 102 Å². The zero-order chi connectivity index (χ0) is 26.5. The van der Waals surface area contributed by atoms with Gasteiger partial charge in [-0.25, -0.2) is 0 Å². The van der Waals surface area contributed by atoms with E-state index in [0.29, 0.717) is 24.6 Å². The van der Waals surface area contributed by atoms with E-state index in [9.17, 15) is 0 Å². The third-order valence-electron chi connectivity index (χ3n) is 6.41. The summed E-state index contributed by atoms with van der Waals surface area (Å²) < 4.78 is 15.6. The Kier molecular flexibility index (Phi) is 6.97. The van der Waals surface area contributed by atoms with Gasteiger partial charge in [-0.15, -0.1) is 0 Å². The minimum Gasteiger partial charge on any atom is -0.435 e. The molecule has 4 aromatic carbocycles. The molecule has 0 spiro atoms. The molecule has 0 saturated heterocycles. The van der Waals surface area contributed by atoms with E-state index < -0.39 is 0 Å². The lowest BCUT2D eigenvalue weighted by molar-refractivity contribution is -0.476. The van der Waals surface area contributed by atoms with Crippen LogP contribution in [0.5, 0.6) is 11.5 Å². The van der Waals surface area contributed by atoms with Gasteiger partial charge in [-0.1, -0.05) is 30.3 Å². The molecule has 0 atom stereocenters. The Morgan fingerprint density at radius 2 is 1.13 bits per heavy atom. The Bertz CT molecular complexity index is 1650. The molecular weight excluding hydrogens is 472 g/mol. The van der Waals surface area contributed by atoms with E-state index >= 15 is 0 Å². The van der Waals surface area contributed by atoms with Gasteiger partial charge in [0, 0.05) is 24.3 Å². The van der Waals surface area contributed by atoms with Gasteiger partial charge < -0.3 is 9.47 Å². The Balaban J connectivity index is 0.000000155. The van der Waals surface area contributed by atoms with Gasteiger partial charge in [0.05, 0.1) is 34.4 Å². The Hall–Kier alpha value is -5.20. The van der Waals surface area contributed by atoms with Gasteiger partial charge >= 0.3 is 0 Å². The minimum atomic E-state index is 0.465. The van der Waals surface area contributed by atoms with Crippen molar-refractivity contribution < 1.29 is 18.6 Å². The molecule has 0 N–H and O–H groups in total. The first-order valence-corrected chi connectivity index (χ1v) is 12.2. The van der Waals surface area contributed by atoms with E-state index in [1.165, 1.54) is 0 Å². The van der Waals surface area contributed by atoms with Crippen molar-refractivity contribution in [2.24, 2.45) is 0 Å². The van der Waals surface area contributed by atoms with Gasteiger partial charge in [0.25, 0.3) is 13.5 Å². The van der Waals surface area contributed by atoms with Crippen molar-refractivity contribution in [3.8, 4) is 23.6 Å². The highest BCUT2D eigenvalue weighted by Gasteiger charge is 2.21. The summed E-state index contributed by atoms with van der Waals surface area (Å²) >= 11 is 0.